The van der Waals surface area contributed by atoms with Crippen LogP contribution in [-0.4, -0.2) is 37.4 Å². The average molecular weight is 289 g/mol. The fraction of sp³-hybridized carbons (Fsp3) is 0.533. The van der Waals surface area contributed by atoms with Gasteiger partial charge in [-0.25, -0.2) is 0 Å². The Morgan fingerprint density at radius 3 is 2.43 bits per heavy atom. The summed E-state index contributed by atoms with van der Waals surface area (Å²) in [5.41, 5.74) is 4.66. The van der Waals surface area contributed by atoms with Crippen LogP contribution in [0.3, 0.4) is 0 Å². The summed E-state index contributed by atoms with van der Waals surface area (Å²) in [5, 5.41) is 8.73. The number of amides is 1. The zero-order chi connectivity index (χ0) is 15.7. The molecule has 6 heteroatoms. The Morgan fingerprint density at radius 2 is 1.95 bits per heavy atom. The van der Waals surface area contributed by atoms with E-state index in [0.717, 1.165) is 29.2 Å². The van der Waals surface area contributed by atoms with Gasteiger partial charge in [0.25, 0.3) is 5.91 Å². The van der Waals surface area contributed by atoms with Gasteiger partial charge in [0.2, 0.25) is 0 Å². The fourth-order valence-electron chi connectivity index (χ4n) is 2.44. The van der Waals surface area contributed by atoms with Crippen LogP contribution in [0.25, 0.3) is 0 Å². The third kappa shape index (κ3) is 2.84. The third-order valence-electron chi connectivity index (χ3n) is 3.91. The van der Waals surface area contributed by atoms with Crippen LogP contribution in [-0.2, 0) is 20.1 Å². The molecule has 0 saturated heterocycles. The molecule has 0 saturated carbocycles. The number of aryl methyl sites for hydroxylation is 4. The number of hydrogen-bond acceptors (Lipinski definition) is 3. The monoisotopic (exact) mass is 289 g/mol. The maximum atomic E-state index is 12.4. The molecule has 0 unspecified atom stereocenters. The maximum absolute atomic E-state index is 12.4. The number of hydrogen-bond donors (Lipinski definition) is 0. The number of rotatable bonds is 4. The number of carbonyl (C=O) groups excluding carboxylic acids is 1. The van der Waals surface area contributed by atoms with Crippen molar-refractivity contribution in [3.05, 3.63) is 34.4 Å². The van der Waals surface area contributed by atoms with E-state index in [9.17, 15) is 4.79 Å². The first-order chi connectivity index (χ1) is 9.85. The molecule has 114 valence electrons. The number of carbonyl (C=O) groups is 1. The van der Waals surface area contributed by atoms with Crippen LogP contribution in [0.15, 0.2) is 6.07 Å². The highest BCUT2D eigenvalue weighted by Gasteiger charge is 2.19. The molecule has 1 amide bonds. The minimum absolute atomic E-state index is 0.0678. The first-order valence-electron chi connectivity index (χ1n) is 7.14. The van der Waals surface area contributed by atoms with E-state index >= 15 is 0 Å². The predicted molar refractivity (Wildman–Crippen MR) is 81.1 cm³/mol. The first-order valence-corrected chi connectivity index (χ1v) is 7.14. The van der Waals surface area contributed by atoms with Gasteiger partial charge in [0.1, 0.15) is 0 Å². The Hall–Kier alpha value is -2.11. The molecular weight excluding hydrogens is 266 g/mol. The molecule has 0 spiro atoms. The highest BCUT2D eigenvalue weighted by Crippen LogP contribution is 2.16. The number of nitrogens with zero attached hydrogens (tertiary/aromatic N) is 5. The number of aromatic nitrogens is 4. The molecule has 0 N–H and O–H groups in total. The van der Waals surface area contributed by atoms with Gasteiger partial charge in [0.05, 0.1) is 5.69 Å². The third-order valence-corrected chi connectivity index (χ3v) is 3.91. The largest absolute Gasteiger partial charge is 0.336 e. The normalized spacial score (nSPS) is 11.0. The Kier molecular flexibility index (Phi) is 4.16. The van der Waals surface area contributed by atoms with Crippen LogP contribution in [0.2, 0.25) is 0 Å². The molecule has 0 radical (unpaired) electrons. The maximum Gasteiger partial charge on any atom is 0.274 e. The van der Waals surface area contributed by atoms with Crippen LogP contribution >= 0.6 is 0 Å². The lowest BCUT2D eigenvalue weighted by Gasteiger charge is -2.16. The Labute approximate surface area is 125 Å². The van der Waals surface area contributed by atoms with E-state index < -0.39 is 0 Å². The van der Waals surface area contributed by atoms with E-state index in [0.29, 0.717) is 12.2 Å². The molecule has 6 nitrogen and oxygen atoms in total. The van der Waals surface area contributed by atoms with E-state index in [1.165, 1.54) is 0 Å². The second-order valence-electron chi connectivity index (χ2n) is 5.42. The summed E-state index contributed by atoms with van der Waals surface area (Å²) < 4.78 is 3.68. The Morgan fingerprint density at radius 1 is 1.29 bits per heavy atom. The molecule has 0 bridgehead atoms. The summed E-state index contributed by atoms with van der Waals surface area (Å²) in [5.74, 6) is -0.0678. The van der Waals surface area contributed by atoms with Crippen molar-refractivity contribution in [2.24, 2.45) is 7.05 Å². The summed E-state index contributed by atoms with van der Waals surface area (Å²) >= 11 is 0. The highest BCUT2D eigenvalue weighted by molar-refractivity contribution is 5.92. The van der Waals surface area contributed by atoms with Gasteiger partial charge in [-0.15, -0.1) is 0 Å². The topological polar surface area (TPSA) is 56.0 Å². The first kappa shape index (κ1) is 15.3. The second-order valence-corrected chi connectivity index (χ2v) is 5.42. The van der Waals surface area contributed by atoms with Crippen molar-refractivity contribution >= 4 is 5.91 Å². The van der Waals surface area contributed by atoms with Crippen LogP contribution in [0.4, 0.5) is 0 Å². The molecule has 2 aromatic rings. The zero-order valence-electron chi connectivity index (χ0n) is 13.6. The molecule has 2 rings (SSSR count). The smallest absolute Gasteiger partial charge is 0.274 e. The van der Waals surface area contributed by atoms with Gasteiger partial charge < -0.3 is 4.90 Å². The summed E-state index contributed by atoms with van der Waals surface area (Å²) in [7, 11) is 3.64. The van der Waals surface area contributed by atoms with E-state index in [-0.39, 0.29) is 5.91 Å². The minimum atomic E-state index is -0.0678. The van der Waals surface area contributed by atoms with Crippen LogP contribution in [0.1, 0.15) is 40.1 Å². The summed E-state index contributed by atoms with van der Waals surface area (Å²) in [4.78, 5) is 14.1. The molecule has 2 aromatic heterocycles. The molecule has 0 aliphatic rings. The quantitative estimate of drug-likeness (QED) is 0.863. The fourth-order valence-corrected chi connectivity index (χ4v) is 2.44. The molecule has 0 aliphatic carbocycles. The lowest BCUT2D eigenvalue weighted by molar-refractivity contribution is 0.0778. The second kappa shape index (κ2) is 5.71. The Balaban J connectivity index is 2.20. The van der Waals surface area contributed by atoms with E-state index in [2.05, 4.69) is 17.1 Å². The molecule has 0 aromatic carbocycles. The Bertz CT molecular complexity index is 648. The van der Waals surface area contributed by atoms with Crippen molar-refractivity contribution in [1.29, 1.82) is 0 Å². The van der Waals surface area contributed by atoms with Crippen molar-refractivity contribution in [3.8, 4) is 0 Å². The van der Waals surface area contributed by atoms with Crippen LogP contribution in [0, 0.1) is 20.8 Å². The van der Waals surface area contributed by atoms with Gasteiger partial charge in [-0.3, -0.25) is 14.2 Å². The van der Waals surface area contributed by atoms with Crippen molar-refractivity contribution in [1.82, 2.24) is 24.5 Å². The van der Waals surface area contributed by atoms with Gasteiger partial charge in [-0.2, -0.15) is 10.2 Å². The van der Waals surface area contributed by atoms with Gasteiger partial charge >= 0.3 is 0 Å². The molecule has 21 heavy (non-hydrogen) atoms. The van der Waals surface area contributed by atoms with E-state index in [4.69, 9.17) is 0 Å². The van der Waals surface area contributed by atoms with E-state index in [1.54, 1.807) is 16.6 Å². The SMILES string of the molecule is CCn1nc(C)c(CN(C)C(=O)c2cc(C)n(C)n2)c1C. The lowest BCUT2D eigenvalue weighted by atomic mass is 10.2. The summed E-state index contributed by atoms with van der Waals surface area (Å²) in [6.45, 7) is 9.41. The van der Waals surface area contributed by atoms with Gasteiger partial charge in [0, 0.05) is 44.1 Å². The molecule has 2 heterocycles. The molecule has 0 atom stereocenters. The zero-order valence-corrected chi connectivity index (χ0v) is 13.6. The lowest BCUT2D eigenvalue weighted by Crippen LogP contribution is -2.27. The average Bonchev–Trinajstić information content (AvgIpc) is 2.92. The predicted octanol–water partition coefficient (Wildman–Crippen LogP) is 1.83. The van der Waals surface area contributed by atoms with Crippen LogP contribution in [0.5, 0.6) is 0 Å². The minimum Gasteiger partial charge on any atom is -0.336 e. The van der Waals surface area contributed by atoms with Crippen molar-refractivity contribution in [2.75, 3.05) is 7.05 Å². The van der Waals surface area contributed by atoms with Crippen molar-refractivity contribution < 1.29 is 4.79 Å². The molecular formula is C15H23N5O. The van der Waals surface area contributed by atoms with Crippen LogP contribution < -0.4 is 0 Å². The highest BCUT2D eigenvalue weighted by atomic mass is 16.2. The van der Waals surface area contributed by atoms with Gasteiger partial charge in [0.15, 0.2) is 5.69 Å². The molecule has 0 fully saturated rings. The summed E-state index contributed by atoms with van der Waals surface area (Å²) in [6.07, 6.45) is 0. The van der Waals surface area contributed by atoms with Gasteiger partial charge in [-0.05, 0) is 33.8 Å². The summed E-state index contributed by atoms with van der Waals surface area (Å²) in [6, 6.07) is 1.81. The van der Waals surface area contributed by atoms with E-state index in [1.807, 2.05) is 38.6 Å². The standard InChI is InChI=1S/C15H23N5O/c1-7-20-12(4)13(11(3)16-20)9-18(5)15(21)14-8-10(2)19(6)17-14/h8H,7,9H2,1-6H3. The van der Waals surface area contributed by atoms with Crippen molar-refractivity contribution in [3.63, 3.8) is 0 Å². The molecule has 0 aliphatic heterocycles. The van der Waals surface area contributed by atoms with Gasteiger partial charge in [-0.1, -0.05) is 0 Å². The van der Waals surface area contributed by atoms with Crippen molar-refractivity contribution in [2.45, 2.75) is 40.8 Å².